The molecule has 3 saturated heterocycles. The van der Waals surface area contributed by atoms with Gasteiger partial charge in [0, 0.05) is 59.0 Å². The van der Waals surface area contributed by atoms with E-state index in [2.05, 4.69) is 21.3 Å². The molecule has 13 nitrogen and oxygen atoms in total. The Hall–Kier alpha value is -4.92. The van der Waals surface area contributed by atoms with Gasteiger partial charge in [-0.2, -0.15) is 15.2 Å². The van der Waals surface area contributed by atoms with E-state index in [1.165, 1.54) is 12.1 Å². The van der Waals surface area contributed by atoms with E-state index < -0.39 is 41.7 Å². The summed E-state index contributed by atoms with van der Waals surface area (Å²) in [5.41, 5.74) is -0.938. The summed E-state index contributed by atoms with van der Waals surface area (Å²) in [5, 5.41) is 13.8. The third-order valence-electron chi connectivity index (χ3n) is 11.2. The summed E-state index contributed by atoms with van der Waals surface area (Å²) < 4.78 is 71.6. The lowest BCUT2D eigenvalue weighted by atomic mass is 9.90. The van der Waals surface area contributed by atoms with Gasteiger partial charge in [0.25, 0.3) is 0 Å². The van der Waals surface area contributed by atoms with Gasteiger partial charge in [0.1, 0.15) is 52.7 Å². The first-order valence-electron chi connectivity index (χ1n) is 20.0. The van der Waals surface area contributed by atoms with Crippen molar-refractivity contribution in [2.75, 3.05) is 49.7 Å². The summed E-state index contributed by atoms with van der Waals surface area (Å²) in [6.45, 7) is 12.0. The molecule has 0 saturated carbocycles. The number of halogens is 3. The number of alkyl halides is 1. The van der Waals surface area contributed by atoms with Crippen molar-refractivity contribution < 1.29 is 41.7 Å². The molecule has 4 aromatic rings. The standard InChI is InChI=1S/C42H48F3N7O6S/c1-41(2,3)57-39(53)49-37-25(16-46)30-29(59-37)12-11-28(44)33(30)31-26-20-55-21-27(26)32-35(34(31)45)47-38(56-19-24-8-7-14-50(24)15-13-43)48-36(32)52-22-9-10-23(52)18-51(17-22)40(54)58-42(4,5)6/h11-12,22-24H,7-10,13-15,17-21H2,1-6H3,(H,49,53)/t22?,23?,24-/m0/s1. The lowest BCUT2D eigenvalue weighted by Gasteiger charge is -2.42. The van der Waals surface area contributed by atoms with E-state index in [-0.39, 0.29) is 83.1 Å². The fourth-order valence-electron chi connectivity index (χ4n) is 8.89. The Balaban J connectivity index is 1.28. The number of benzene rings is 2. The van der Waals surface area contributed by atoms with E-state index in [4.69, 9.17) is 23.9 Å². The topological polar surface area (TPSA) is 142 Å². The van der Waals surface area contributed by atoms with Crippen LogP contribution in [0.3, 0.4) is 0 Å². The number of likely N-dealkylation sites (tertiary alicyclic amines) is 2. The van der Waals surface area contributed by atoms with Gasteiger partial charge in [-0.05, 0) is 97.0 Å². The largest absolute Gasteiger partial charge is 0.462 e. The molecular weight excluding hydrogens is 788 g/mol. The molecule has 8 rings (SSSR count). The first kappa shape index (κ1) is 40.8. The minimum atomic E-state index is -0.847. The predicted octanol–water partition coefficient (Wildman–Crippen LogP) is 8.44. The summed E-state index contributed by atoms with van der Waals surface area (Å²) in [7, 11) is 0. The number of hydrogen-bond donors (Lipinski definition) is 1. The molecule has 4 aliphatic heterocycles. The molecule has 4 aliphatic rings. The zero-order valence-electron chi connectivity index (χ0n) is 34.0. The Morgan fingerprint density at radius 2 is 1.69 bits per heavy atom. The molecule has 2 bridgehead atoms. The van der Waals surface area contributed by atoms with Crippen molar-refractivity contribution in [2.45, 2.75) is 110 Å². The van der Waals surface area contributed by atoms with Crippen LogP contribution in [0, 0.1) is 23.0 Å². The summed E-state index contributed by atoms with van der Waals surface area (Å²) in [6, 6.07) is 4.26. The summed E-state index contributed by atoms with van der Waals surface area (Å²) >= 11 is 1.05. The Labute approximate surface area is 344 Å². The number of ether oxygens (including phenoxy) is 4. The number of carbonyl (C=O) groups is 2. The van der Waals surface area contributed by atoms with Crippen molar-refractivity contribution >= 4 is 55.3 Å². The molecule has 59 heavy (non-hydrogen) atoms. The van der Waals surface area contributed by atoms with E-state index in [1.807, 2.05) is 25.7 Å². The normalized spacial score (nSPS) is 20.6. The Morgan fingerprint density at radius 3 is 2.37 bits per heavy atom. The van der Waals surface area contributed by atoms with Crippen LogP contribution < -0.4 is 15.0 Å². The van der Waals surface area contributed by atoms with Gasteiger partial charge in [0.15, 0.2) is 5.82 Å². The van der Waals surface area contributed by atoms with Crippen molar-refractivity contribution in [3.05, 3.63) is 40.5 Å². The van der Waals surface area contributed by atoms with Gasteiger partial charge in [-0.15, -0.1) is 11.3 Å². The SMILES string of the molecule is CC(C)(C)OC(=O)Nc1sc2ccc(F)c(-c3c4c(c5c(N6C7CCC6CN(C(=O)OC(C)(C)C)C7)nc(OC[C@@H]6CCCN6CCF)nc5c3F)COC4)c2c1C#N. The van der Waals surface area contributed by atoms with Crippen molar-refractivity contribution in [1.29, 1.82) is 5.26 Å². The second kappa shape index (κ2) is 15.6. The molecule has 0 aliphatic carbocycles. The fourth-order valence-corrected chi connectivity index (χ4v) is 9.93. The second-order valence-electron chi connectivity index (χ2n) is 17.5. The summed E-state index contributed by atoms with van der Waals surface area (Å²) in [6.07, 6.45) is 1.95. The molecule has 1 N–H and O–H groups in total. The first-order valence-corrected chi connectivity index (χ1v) is 20.8. The zero-order chi connectivity index (χ0) is 42.0. The molecule has 2 aromatic carbocycles. The van der Waals surface area contributed by atoms with Gasteiger partial charge in [-0.25, -0.2) is 22.8 Å². The van der Waals surface area contributed by atoms with Gasteiger partial charge in [0.05, 0.1) is 24.2 Å². The lowest BCUT2D eigenvalue weighted by Crippen LogP contribution is -2.56. The highest BCUT2D eigenvalue weighted by molar-refractivity contribution is 7.23. The number of rotatable bonds is 8. The van der Waals surface area contributed by atoms with Crippen LogP contribution in [0.15, 0.2) is 12.1 Å². The lowest BCUT2D eigenvalue weighted by molar-refractivity contribution is 0.0209. The molecule has 2 unspecified atom stereocenters. The molecule has 3 fully saturated rings. The smallest absolute Gasteiger partial charge is 0.412 e. The minimum absolute atomic E-state index is 0.0428. The number of thiophene rings is 1. The number of amides is 2. The zero-order valence-corrected chi connectivity index (χ0v) is 34.9. The predicted molar refractivity (Wildman–Crippen MR) is 216 cm³/mol. The van der Waals surface area contributed by atoms with Crippen LogP contribution >= 0.6 is 11.3 Å². The molecule has 314 valence electrons. The maximum Gasteiger partial charge on any atom is 0.412 e. The highest BCUT2D eigenvalue weighted by Gasteiger charge is 2.45. The van der Waals surface area contributed by atoms with E-state index in [9.17, 15) is 19.2 Å². The first-order chi connectivity index (χ1) is 28.0. The third kappa shape index (κ3) is 7.82. The number of anilines is 2. The Morgan fingerprint density at radius 1 is 0.983 bits per heavy atom. The van der Waals surface area contributed by atoms with Crippen LogP contribution in [-0.4, -0.2) is 101 Å². The average Bonchev–Trinajstić information content (AvgIpc) is 3.94. The number of aromatic nitrogens is 2. The number of nitrogens with one attached hydrogen (secondary N) is 1. The van der Waals surface area contributed by atoms with Gasteiger partial charge in [-0.1, -0.05) is 0 Å². The molecule has 2 aromatic heterocycles. The van der Waals surface area contributed by atoms with Gasteiger partial charge < -0.3 is 28.7 Å². The number of nitrogens with zero attached hydrogens (tertiary/aromatic N) is 6. The molecule has 3 atom stereocenters. The van der Waals surface area contributed by atoms with Crippen LogP contribution in [0.25, 0.3) is 32.1 Å². The maximum atomic E-state index is 17.8. The highest BCUT2D eigenvalue weighted by atomic mass is 32.1. The summed E-state index contributed by atoms with van der Waals surface area (Å²) in [5.74, 6) is -1.20. The van der Waals surface area contributed by atoms with Crippen molar-refractivity contribution in [3.63, 3.8) is 0 Å². The Bertz CT molecular complexity index is 2360. The number of nitriles is 1. The molecule has 6 heterocycles. The van der Waals surface area contributed by atoms with Gasteiger partial charge >= 0.3 is 18.2 Å². The van der Waals surface area contributed by atoms with Gasteiger partial charge in [0.2, 0.25) is 0 Å². The van der Waals surface area contributed by atoms with E-state index in [0.29, 0.717) is 40.1 Å². The van der Waals surface area contributed by atoms with Crippen LogP contribution in [0.1, 0.15) is 83.9 Å². The third-order valence-corrected chi connectivity index (χ3v) is 12.3. The quantitative estimate of drug-likeness (QED) is 0.183. The number of hydrogen-bond acceptors (Lipinski definition) is 12. The summed E-state index contributed by atoms with van der Waals surface area (Å²) in [4.78, 5) is 41.6. The number of piperazine rings is 1. The van der Waals surface area contributed by atoms with Gasteiger partial charge in [-0.3, -0.25) is 10.2 Å². The average molecular weight is 836 g/mol. The van der Waals surface area contributed by atoms with Crippen molar-refractivity contribution in [1.82, 2.24) is 19.8 Å². The van der Waals surface area contributed by atoms with E-state index in [1.54, 1.807) is 25.7 Å². The molecule has 0 radical (unpaired) electrons. The fraction of sp³-hybridized carbons (Fsp3) is 0.548. The molecular formula is C42H48F3N7O6S. The van der Waals surface area contributed by atoms with Crippen LogP contribution in [0.5, 0.6) is 6.01 Å². The van der Waals surface area contributed by atoms with Crippen molar-refractivity contribution in [3.8, 4) is 23.2 Å². The van der Waals surface area contributed by atoms with E-state index in [0.717, 1.165) is 43.6 Å². The van der Waals surface area contributed by atoms with Crippen molar-refractivity contribution in [2.24, 2.45) is 0 Å². The van der Waals surface area contributed by atoms with Crippen LogP contribution in [0.2, 0.25) is 0 Å². The molecule has 0 spiro atoms. The minimum Gasteiger partial charge on any atom is -0.462 e. The highest BCUT2D eigenvalue weighted by Crippen LogP contribution is 2.49. The maximum absolute atomic E-state index is 17.8. The Kier molecular flexibility index (Phi) is 10.8. The van der Waals surface area contributed by atoms with E-state index >= 15 is 8.78 Å². The number of carbonyl (C=O) groups excluding carboxylic acids is 2. The molecule has 2 amide bonds. The monoisotopic (exact) mass is 835 g/mol. The second-order valence-corrected chi connectivity index (χ2v) is 18.6. The number of fused-ring (bicyclic) bond motifs is 6. The van der Waals surface area contributed by atoms with Crippen LogP contribution in [0.4, 0.5) is 33.6 Å². The van der Waals surface area contributed by atoms with Crippen LogP contribution in [-0.2, 0) is 27.4 Å². The molecule has 17 heteroatoms.